The fourth-order valence-electron chi connectivity index (χ4n) is 2.32. The maximum absolute atomic E-state index is 9.43. The van der Waals surface area contributed by atoms with E-state index in [4.69, 9.17) is 4.74 Å². The number of nitrogens with zero attached hydrogens (tertiary/aromatic N) is 1. The Morgan fingerprint density at radius 3 is 2.69 bits per heavy atom. The lowest BCUT2D eigenvalue weighted by atomic mass is 10.1. The summed E-state index contributed by atoms with van der Waals surface area (Å²) < 4.78 is 5.74. The van der Waals surface area contributed by atoms with Crippen LogP contribution in [0.15, 0.2) is 0 Å². The third-order valence-corrected chi connectivity index (χ3v) is 3.03. The van der Waals surface area contributed by atoms with Gasteiger partial charge in [-0.3, -0.25) is 4.90 Å². The lowest BCUT2D eigenvalue weighted by Crippen LogP contribution is -2.36. The van der Waals surface area contributed by atoms with Crippen LogP contribution in [0, 0.1) is 0 Å². The molecular formula is C13H27NO2. The number of rotatable bonds is 5. The van der Waals surface area contributed by atoms with E-state index in [2.05, 4.69) is 25.7 Å². The normalized spacial score (nSPS) is 24.9. The van der Waals surface area contributed by atoms with Crippen molar-refractivity contribution < 1.29 is 9.84 Å². The Morgan fingerprint density at radius 2 is 2.12 bits per heavy atom. The Morgan fingerprint density at radius 1 is 1.44 bits per heavy atom. The van der Waals surface area contributed by atoms with Gasteiger partial charge in [0.1, 0.15) is 0 Å². The lowest BCUT2D eigenvalue weighted by Gasteiger charge is -2.27. The Labute approximate surface area is 99.8 Å². The minimum Gasteiger partial charge on any atom is -0.393 e. The van der Waals surface area contributed by atoms with E-state index in [-0.39, 0.29) is 11.7 Å². The van der Waals surface area contributed by atoms with Crippen LogP contribution in [-0.2, 0) is 4.74 Å². The average Bonchev–Trinajstić information content (AvgIpc) is 2.49. The zero-order valence-corrected chi connectivity index (χ0v) is 11.2. The molecule has 0 radical (unpaired) electrons. The van der Waals surface area contributed by atoms with E-state index in [1.165, 1.54) is 12.8 Å². The van der Waals surface area contributed by atoms with E-state index in [0.717, 1.165) is 26.1 Å². The first-order chi connectivity index (χ1) is 7.38. The summed E-state index contributed by atoms with van der Waals surface area (Å²) in [6.07, 6.45) is 3.19. The molecule has 1 heterocycles. The standard InChI is InChI=1S/C13H27NO2/c1-11(15)10-12-6-5-7-14(12)8-9-16-13(2,3)4/h11-12,15H,5-10H2,1-4H3. The fourth-order valence-corrected chi connectivity index (χ4v) is 2.32. The molecule has 0 spiro atoms. The summed E-state index contributed by atoms with van der Waals surface area (Å²) in [5.74, 6) is 0. The average molecular weight is 229 g/mol. The monoisotopic (exact) mass is 229 g/mol. The van der Waals surface area contributed by atoms with Crippen LogP contribution in [0.5, 0.6) is 0 Å². The number of aliphatic hydroxyl groups excluding tert-OH is 1. The highest BCUT2D eigenvalue weighted by Crippen LogP contribution is 2.21. The van der Waals surface area contributed by atoms with Crippen molar-refractivity contribution in [3.63, 3.8) is 0 Å². The summed E-state index contributed by atoms with van der Waals surface area (Å²) in [5.41, 5.74) is -0.0422. The second-order valence-electron chi connectivity index (χ2n) is 5.88. The van der Waals surface area contributed by atoms with Gasteiger partial charge in [-0.15, -0.1) is 0 Å². The first-order valence-electron chi connectivity index (χ1n) is 6.44. The minimum atomic E-state index is -0.186. The van der Waals surface area contributed by atoms with Crippen LogP contribution >= 0.6 is 0 Å². The van der Waals surface area contributed by atoms with Crippen LogP contribution in [0.25, 0.3) is 0 Å². The van der Waals surface area contributed by atoms with Gasteiger partial charge in [0, 0.05) is 12.6 Å². The molecule has 0 aromatic carbocycles. The molecule has 0 aromatic rings. The van der Waals surface area contributed by atoms with Crippen LogP contribution in [0.1, 0.15) is 47.0 Å². The van der Waals surface area contributed by atoms with Gasteiger partial charge in [-0.25, -0.2) is 0 Å². The maximum Gasteiger partial charge on any atom is 0.0600 e. The quantitative estimate of drug-likeness (QED) is 0.783. The number of aliphatic hydroxyl groups is 1. The zero-order chi connectivity index (χ0) is 12.2. The maximum atomic E-state index is 9.43. The second kappa shape index (κ2) is 5.99. The van der Waals surface area contributed by atoms with Crippen LogP contribution in [0.4, 0.5) is 0 Å². The number of hydrogen-bond donors (Lipinski definition) is 1. The van der Waals surface area contributed by atoms with Crippen molar-refractivity contribution in [2.45, 2.75) is 64.7 Å². The van der Waals surface area contributed by atoms with Crippen molar-refractivity contribution >= 4 is 0 Å². The molecule has 1 fully saturated rings. The van der Waals surface area contributed by atoms with Crippen molar-refractivity contribution in [1.82, 2.24) is 4.90 Å². The van der Waals surface area contributed by atoms with Crippen LogP contribution in [-0.4, -0.2) is 47.4 Å². The number of likely N-dealkylation sites (tertiary alicyclic amines) is 1. The summed E-state index contributed by atoms with van der Waals surface area (Å²) in [5, 5.41) is 9.43. The molecule has 0 amide bonds. The first kappa shape index (κ1) is 13.9. The fraction of sp³-hybridized carbons (Fsp3) is 1.00. The smallest absolute Gasteiger partial charge is 0.0600 e. The molecule has 2 atom stereocenters. The van der Waals surface area contributed by atoms with Crippen LogP contribution in [0.3, 0.4) is 0 Å². The predicted octanol–water partition coefficient (Wildman–Crippen LogP) is 2.04. The molecule has 0 bridgehead atoms. The second-order valence-corrected chi connectivity index (χ2v) is 5.88. The van der Waals surface area contributed by atoms with Gasteiger partial charge < -0.3 is 9.84 Å². The highest BCUT2D eigenvalue weighted by atomic mass is 16.5. The van der Waals surface area contributed by atoms with Gasteiger partial charge in [-0.2, -0.15) is 0 Å². The SMILES string of the molecule is CC(O)CC1CCCN1CCOC(C)(C)C. The number of hydrogen-bond acceptors (Lipinski definition) is 3. The molecule has 3 heteroatoms. The summed E-state index contributed by atoms with van der Waals surface area (Å²) in [4.78, 5) is 2.46. The van der Waals surface area contributed by atoms with Crippen molar-refractivity contribution in [2.75, 3.05) is 19.7 Å². The molecule has 3 nitrogen and oxygen atoms in total. The summed E-state index contributed by atoms with van der Waals surface area (Å²) in [7, 11) is 0. The molecule has 1 N–H and O–H groups in total. The molecule has 0 aliphatic carbocycles. The highest BCUT2D eigenvalue weighted by molar-refractivity contribution is 4.80. The Kier molecular flexibility index (Phi) is 5.22. The van der Waals surface area contributed by atoms with Crippen molar-refractivity contribution in [3.05, 3.63) is 0 Å². The highest BCUT2D eigenvalue weighted by Gasteiger charge is 2.25. The Balaban J connectivity index is 2.25. The molecule has 1 saturated heterocycles. The molecular weight excluding hydrogens is 202 g/mol. The molecule has 16 heavy (non-hydrogen) atoms. The first-order valence-corrected chi connectivity index (χ1v) is 6.44. The topological polar surface area (TPSA) is 32.7 Å². The van der Waals surface area contributed by atoms with E-state index >= 15 is 0 Å². The summed E-state index contributed by atoms with van der Waals surface area (Å²) in [6.45, 7) is 11.1. The largest absolute Gasteiger partial charge is 0.393 e. The minimum absolute atomic E-state index is 0.0422. The van der Waals surface area contributed by atoms with Gasteiger partial charge >= 0.3 is 0 Å². The van der Waals surface area contributed by atoms with Crippen molar-refractivity contribution in [1.29, 1.82) is 0 Å². The van der Waals surface area contributed by atoms with Gasteiger partial charge in [0.05, 0.1) is 18.3 Å². The number of ether oxygens (including phenoxy) is 1. The molecule has 0 aromatic heterocycles. The summed E-state index contributed by atoms with van der Waals surface area (Å²) >= 11 is 0. The van der Waals surface area contributed by atoms with Crippen molar-refractivity contribution in [3.8, 4) is 0 Å². The molecule has 1 aliphatic heterocycles. The van der Waals surface area contributed by atoms with E-state index in [0.29, 0.717) is 6.04 Å². The van der Waals surface area contributed by atoms with Gasteiger partial charge in [0.25, 0.3) is 0 Å². The molecule has 0 saturated carbocycles. The van der Waals surface area contributed by atoms with Gasteiger partial charge in [0.15, 0.2) is 0 Å². The Hall–Kier alpha value is -0.120. The van der Waals surface area contributed by atoms with Crippen LogP contribution < -0.4 is 0 Å². The van der Waals surface area contributed by atoms with E-state index in [9.17, 15) is 5.11 Å². The zero-order valence-electron chi connectivity index (χ0n) is 11.2. The van der Waals surface area contributed by atoms with Crippen LogP contribution in [0.2, 0.25) is 0 Å². The molecule has 96 valence electrons. The van der Waals surface area contributed by atoms with E-state index in [1.807, 2.05) is 6.92 Å². The molecule has 1 rings (SSSR count). The molecule has 1 aliphatic rings. The van der Waals surface area contributed by atoms with Crippen molar-refractivity contribution in [2.24, 2.45) is 0 Å². The Bertz CT molecular complexity index is 199. The third-order valence-electron chi connectivity index (χ3n) is 3.03. The van der Waals surface area contributed by atoms with Gasteiger partial charge in [-0.1, -0.05) is 0 Å². The van der Waals surface area contributed by atoms with E-state index in [1.54, 1.807) is 0 Å². The predicted molar refractivity (Wildman–Crippen MR) is 66.6 cm³/mol. The summed E-state index contributed by atoms with van der Waals surface area (Å²) in [6, 6.07) is 0.559. The lowest BCUT2D eigenvalue weighted by molar-refractivity contribution is -0.0160. The van der Waals surface area contributed by atoms with E-state index < -0.39 is 0 Å². The van der Waals surface area contributed by atoms with Gasteiger partial charge in [0.2, 0.25) is 0 Å². The van der Waals surface area contributed by atoms with Gasteiger partial charge in [-0.05, 0) is 53.5 Å². The third kappa shape index (κ3) is 5.28. The molecule has 2 unspecified atom stereocenters.